The molecule has 0 aliphatic carbocycles. The quantitative estimate of drug-likeness (QED) is 0.215. The molecule has 9 nitrogen and oxygen atoms in total. The van der Waals surface area contributed by atoms with Crippen LogP contribution < -0.4 is 10.3 Å². The fourth-order valence-corrected chi connectivity index (χ4v) is 3.58. The van der Waals surface area contributed by atoms with Gasteiger partial charge in [-0.3, -0.25) is 14.9 Å². The number of hydrogen-bond acceptors (Lipinski definition) is 7. The number of nitrogens with zero attached hydrogens (tertiary/aromatic N) is 4. The maximum atomic E-state index is 13.0. The van der Waals surface area contributed by atoms with Crippen LogP contribution in [-0.2, 0) is 6.42 Å². The summed E-state index contributed by atoms with van der Waals surface area (Å²) in [4.78, 5) is 28.0. The van der Waals surface area contributed by atoms with Crippen molar-refractivity contribution < 1.29 is 14.1 Å². The first kappa shape index (κ1) is 21.4. The van der Waals surface area contributed by atoms with Gasteiger partial charge in [-0.2, -0.15) is 9.78 Å². The second-order valence-electron chi connectivity index (χ2n) is 6.75. The van der Waals surface area contributed by atoms with Crippen molar-refractivity contribution in [3.8, 4) is 17.1 Å². The lowest BCUT2D eigenvalue weighted by molar-refractivity contribution is -0.384. The number of benzene rings is 2. The summed E-state index contributed by atoms with van der Waals surface area (Å²) < 4.78 is 13.1. The number of aromatic nitrogens is 2. The van der Waals surface area contributed by atoms with E-state index in [0.29, 0.717) is 46.0 Å². The molecule has 4 rings (SSSR count). The smallest absolute Gasteiger partial charge is 0.282 e. The molecule has 0 amide bonds. The second kappa shape index (κ2) is 8.75. The Kier molecular flexibility index (Phi) is 5.87. The Bertz CT molecular complexity index is 1420. The Balaban J connectivity index is 1.71. The number of halogens is 1. The van der Waals surface area contributed by atoms with Crippen LogP contribution in [0, 0.1) is 10.1 Å². The molecule has 32 heavy (non-hydrogen) atoms. The molecular weight excluding hydrogens is 480 g/mol. The number of ether oxygens (including phenoxy) is 1. The first-order valence-electron chi connectivity index (χ1n) is 9.59. The van der Waals surface area contributed by atoms with E-state index in [0.717, 1.165) is 4.47 Å². The van der Waals surface area contributed by atoms with Crippen molar-refractivity contribution in [2.45, 2.75) is 13.3 Å². The Labute approximate surface area is 190 Å². The Hall–Kier alpha value is -3.79. The molecule has 0 bridgehead atoms. The Morgan fingerprint density at radius 2 is 2.06 bits per heavy atom. The van der Waals surface area contributed by atoms with Crippen LogP contribution in [0.3, 0.4) is 0 Å². The average Bonchev–Trinajstić information content (AvgIpc) is 3.26. The van der Waals surface area contributed by atoms with Crippen LogP contribution in [0.2, 0.25) is 0 Å². The maximum absolute atomic E-state index is 13.0. The van der Waals surface area contributed by atoms with Crippen molar-refractivity contribution in [1.82, 2.24) is 9.66 Å². The lowest BCUT2D eigenvalue weighted by Crippen LogP contribution is -2.22. The number of aryl methyl sites for hydroxylation is 1. The molecule has 0 fully saturated rings. The zero-order valence-corrected chi connectivity index (χ0v) is 18.7. The third-order valence-electron chi connectivity index (χ3n) is 4.78. The monoisotopic (exact) mass is 496 g/mol. The summed E-state index contributed by atoms with van der Waals surface area (Å²) in [6.07, 6.45) is 1.94. The first-order valence-corrected chi connectivity index (χ1v) is 10.4. The highest BCUT2D eigenvalue weighted by Crippen LogP contribution is 2.34. The highest BCUT2D eigenvalue weighted by Gasteiger charge is 2.15. The van der Waals surface area contributed by atoms with Gasteiger partial charge in [0.05, 0.1) is 40.8 Å². The number of methoxy groups -OCH3 is 1. The predicted octanol–water partition coefficient (Wildman–Crippen LogP) is 4.78. The largest absolute Gasteiger partial charge is 0.496 e. The zero-order valence-electron chi connectivity index (χ0n) is 17.1. The third-order valence-corrected chi connectivity index (χ3v) is 5.27. The molecule has 0 radical (unpaired) electrons. The van der Waals surface area contributed by atoms with E-state index in [1.807, 2.05) is 13.0 Å². The van der Waals surface area contributed by atoms with Gasteiger partial charge < -0.3 is 9.15 Å². The molecule has 162 valence electrons. The normalized spacial score (nSPS) is 11.3. The summed E-state index contributed by atoms with van der Waals surface area (Å²) >= 11 is 3.37. The molecule has 10 heteroatoms. The summed E-state index contributed by atoms with van der Waals surface area (Å²) in [6, 6.07) is 13.0. The molecular formula is C22H17BrN4O5. The van der Waals surface area contributed by atoms with Crippen LogP contribution in [0.15, 0.2) is 67.3 Å². The SMILES string of the molecule is CCc1nc2ccc(Br)cc2c(=O)n1N=Cc1ccc(-c2ccc([N+](=O)[O-])cc2OC)o1. The molecule has 0 aliphatic heterocycles. The van der Waals surface area contributed by atoms with Crippen LogP contribution in [0.4, 0.5) is 5.69 Å². The average molecular weight is 497 g/mol. The minimum atomic E-state index is -0.494. The number of hydrogen-bond donors (Lipinski definition) is 0. The highest BCUT2D eigenvalue weighted by molar-refractivity contribution is 9.10. The first-order chi connectivity index (χ1) is 15.4. The number of fused-ring (bicyclic) bond motifs is 1. The summed E-state index contributed by atoms with van der Waals surface area (Å²) in [5.74, 6) is 1.67. The second-order valence-corrected chi connectivity index (χ2v) is 7.66. The van der Waals surface area contributed by atoms with E-state index in [-0.39, 0.29) is 11.2 Å². The standard InChI is InChI=1S/C22H17BrN4O5/c1-3-21-25-18-8-4-13(23)10-17(18)22(28)26(21)24-12-15-6-9-19(32-15)16-7-5-14(27(29)30)11-20(16)31-2/h4-12H,3H2,1-2H3. The van der Waals surface area contributed by atoms with Gasteiger partial charge >= 0.3 is 0 Å². The molecule has 2 heterocycles. The maximum Gasteiger partial charge on any atom is 0.282 e. The van der Waals surface area contributed by atoms with Crippen LogP contribution in [0.5, 0.6) is 5.75 Å². The minimum Gasteiger partial charge on any atom is -0.496 e. The molecule has 0 aliphatic rings. The van der Waals surface area contributed by atoms with Gasteiger partial charge in [0.15, 0.2) is 0 Å². The summed E-state index contributed by atoms with van der Waals surface area (Å²) in [5.41, 5.74) is 0.794. The molecule has 0 spiro atoms. The molecule has 0 atom stereocenters. The number of non-ortho nitro benzene ring substituents is 1. The van der Waals surface area contributed by atoms with Crippen molar-refractivity contribution >= 4 is 38.7 Å². The van der Waals surface area contributed by atoms with Gasteiger partial charge in [0, 0.05) is 17.0 Å². The van der Waals surface area contributed by atoms with E-state index < -0.39 is 4.92 Å². The molecule has 4 aromatic rings. The van der Waals surface area contributed by atoms with E-state index in [9.17, 15) is 14.9 Å². The topological polar surface area (TPSA) is 113 Å². The van der Waals surface area contributed by atoms with Gasteiger partial charge in [0.1, 0.15) is 23.1 Å². The molecule has 2 aromatic heterocycles. The van der Waals surface area contributed by atoms with Gasteiger partial charge in [-0.1, -0.05) is 22.9 Å². The van der Waals surface area contributed by atoms with E-state index in [1.165, 1.54) is 30.1 Å². The van der Waals surface area contributed by atoms with E-state index in [1.54, 1.807) is 30.3 Å². The van der Waals surface area contributed by atoms with Crippen molar-refractivity contribution in [2.75, 3.05) is 7.11 Å². The van der Waals surface area contributed by atoms with Gasteiger partial charge in [-0.05, 0) is 36.4 Å². The van der Waals surface area contributed by atoms with E-state index >= 15 is 0 Å². The fraction of sp³-hybridized carbons (Fsp3) is 0.136. The lowest BCUT2D eigenvalue weighted by Gasteiger charge is -2.07. The number of furan rings is 1. The number of rotatable bonds is 6. The number of nitro groups is 1. The summed E-state index contributed by atoms with van der Waals surface area (Å²) in [5, 5.41) is 15.7. The molecule has 0 N–H and O–H groups in total. The highest BCUT2D eigenvalue weighted by atomic mass is 79.9. The summed E-state index contributed by atoms with van der Waals surface area (Å²) in [6.45, 7) is 1.89. The van der Waals surface area contributed by atoms with E-state index in [4.69, 9.17) is 9.15 Å². The van der Waals surface area contributed by atoms with Gasteiger partial charge in [-0.15, -0.1) is 0 Å². The minimum absolute atomic E-state index is 0.0825. The van der Waals surface area contributed by atoms with Gasteiger partial charge in [0.25, 0.3) is 11.2 Å². The van der Waals surface area contributed by atoms with Gasteiger partial charge in [-0.25, -0.2) is 4.98 Å². The van der Waals surface area contributed by atoms with Crippen molar-refractivity contribution in [3.63, 3.8) is 0 Å². The Morgan fingerprint density at radius 1 is 1.25 bits per heavy atom. The molecule has 0 unspecified atom stereocenters. The molecule has 0 saturated heterocycles. The predicted molar refractivity (Wildman–Crippen MR) is 123 cm³/mol. The fourth-order valence-electron chi connectivity index (χ4n) is 3.22. The van der Waals surface area contributed by atoms with Crippen molar-refractivity contribution in [1.29, 1.82) is 0 Å². The Morgan fingerprint density at radius 3 is 2.78 bits per heavy atom. The van der Waals surface area contributed by atoms with Gasteiger partial charge in [0.2, 0.25) is 0 Å². The van der Waals surface area contributed by atoms with Crippen molar-refractivity contribution in [3.05, 3.63) is 85.1 Å². The third kappa shape index (κ3) is 4.04. The van der Waals surface area contributed by atoms with Crippen LogP contribution in [0.1, 0.15) is 18.5 Å². The van der Waals surface area contributed by atoms with Crippen molar-refractivity contribution in [2.24, 2.45) is 5.10 Å². The van der Waals surface area contributed by atoms with Crippen LogP contribution in [-0.4, -0.2) is 27.9 Å². The molecule has 0 saturated carbocycles. The molecule has 2 aromatic carbocycles. The zero-order chi connectivity index (χ0) is 22.8. The summed E-state index contributed by atoms with van der Waals surface area (Å²) in [7, 11) is 1.43. The lowest BCUT2D eigenvalue weighted by atomic mass is 10.1. The van der Waals surface area contributed by atoms with E-state index in [2.05, 4.69) is 26.0 Å². The number of nitro benzene ring substituents is 1. The van der Waals surface area contributed by atoms with Crippen LogP contribution in [0.25, 0.3) is 22.2 Å². The van der Waals surface area contributed by atoms with Crippen LogP contribution >= 0.6 is 15.9 Å².